The number of hydrogen-bond donors (Lipinski definition) is 2. The van der Waals surface area contributed by atoms with Crippen molar-refractivity contribution in [2.75, 3.05) is 26.4 Å². The van der Waals surface area contributed by atoms with Gasteiger partial charge in [0.15, 0.2) is 0 Å². The number of carbonyl (C=O) groups excluding carboxylic acids is 1. The lowest BCUT2D eigenvalue weighted by molar-refractivity contribution is -0.121. The molecule has 0 aliphatic rings. The van der Waals surface area contributed by atoms with E-state index < -0.39 is 10.0 Å². The highest BCUT2D eigenvalue weighted by Gasteiger charge is 2.15. The highest BCUT2D eigenvalue weighted by atomic mass is 32.2. The standard InChI is InChI=1S/C10H23N3O3S/c1-8(2)9(11)7-10(14)12-5-6-17(15,16)13(3)4/h8-9H,5-7,11H2,1-4H3,(H,12,14). The van der Waals surface area contributed by atoms with Crippen molar-refractivity contribution in [2.45, 2.75) is 26.3 Å². The zero-order valence-corrected chi connectivity index (χ0v) is 11.8. The van der Waals surface area contributed by atoms with Crippen molar-refractivity contribution >= 4 is 15.9 Å². The summed E-state index contributed by atoms with van der Waals surface area (Å²) in [5, 5.41) is 2.55. The molecule has 0 saturated carbocycles. The first kappa shape index (κ1) is 16.3. The third-order valence-electron chi connectivity index (χ3n) is 2.52. The molecule has 0 aromatic heterocycles. The zero-order valence-electron chi connectivity index (χ0n) is 10.9. The minimum absolute atomic E-state index is 0.0946. The lowest BCUT2D eigenvalue weighted by Crippen LogP contribution is -2.38. The van der Waals surface area contributed by atoms with Crippen LogP contribution in [0.5, 0.6) is 0 Å². The van der Waals surface area contributed by atoms with Crippen LogP contribution in [0, 0.1) is 5.92 Å². The Morgan fingerprint density at radius 2 is 1.88 bits per heavy atom. The second-order valence-corrected chi connectivity index (χ2v) is 6.86. The number of nitrogens with zero attached hydrogens (tertiary/aromatic N) is 1. The SMILES string of the molecule is CC(C)C(N)CC(=O)NCCS(=O)(=O)N(C)C. The quantitative estimate of drug-likeness (QED) is 0.641. The summed E-state index contributed by atoms with van der Waals surface area (Å²) >= 11 is 0. The highest BCUT2D eigenvalue weighted by Crippen LogP contribution is 2.02. The summed E-state index contributed by atoms with van der Waals surface area (Å²) in [6, 6.07) is -0.194. The van der Waals surface area contributed by atoms with Crippen molar-refractivity contribution in [3.63, 3.8) is 0 Å². The predicted octanol–water partition coefficient (Wildman–Crippen LogP) is -0.633. The summed E-state index contributed by atoms with van der Waals surface area (Å²) in [7, 11) is -0.323. The van der Waals surface area contributed by atoms with Gasteiger partial charge in [-0.15, -0.1) is 0 Å². The average Bonchev–Trinajstić information content (AvgIpc) is 2.16. The lowest BCUT2D eigenvalue weighted by atomic mass is 10.0. The molecular weight excluding hydrogens is 242 g/mol. The number of sulfonamides is 1. The monoisotopic (exact) mass is 265 g/mol. The van der Waals surface area contributed by atoms with Crippen molar-refractivity contribution in [1.29, 1.82) is 0 Å². The molecule has 102 valence electrons. The van der Waals surface area contributed by atoms with Gasteiger partial charge in [0, 0.05) is 33.1 Å². The van der Waals surface area contributed by atoms with Crippen molar-refractivity contribution in [3.05, 3.63) is 0 Å². The molecule has 3 N–H and O–H groups in total. The molecule has 17 heavy (non-hydrogen) atoms. The third-order valence-corrected chi connectivity index (χ3v) is 4.35. The van der Waals surface area contributed by atoms with Crippen LogP contribution in [0.1, 0.15) is 20.3 Å². The Morgan fingerprint density at radius 3 is 2.29 bits per heavy atom. The third kappa shape index (κ3) is 6.60. The Hall–Kier alpha value is -0.660. The van der Waals surface area contributed by atoms with Crippen molar-refractivity contribution in [2.24, 2.45) is 11.7 Å². The molecule has 0 heterocycles. The maximum atomic E-state index is 11.4. The van der Waals surface area contributed by atoms with E-state index in [2.05, 4.69) is 5.32 Å². The second-order valence-electron chi connectivity index (χ2n) is 4.56. The fourth-order valence-corrected chi connectivity index (χ4v) is 1.75. The molecule has 0 aromatic rings. The second kappa shape index (κ2) is 6.93. The van der Waals surface area contributed by atoms with E-state index in [1.165, 1.54) is 14.1 Å². The van der Waals surface area contributed by atoms with Gasteiger partial charge in [0.25, 0.3) is 0 Å². The van der Waals surface area contributed by atoms with Crippen LogP contribution in [0.25, 0.3) is 0 Å². The molecule has 0 aliphatic heterocycles. The van der Waals surface area contributed by atoms with Gasteiger partial charge in [-0.05, 0) is 5.92 Å². The maximum absolute atomic E-state index is 11.4. The zero-order chi connectivity index (χ0) is 13.6. The molecule has 1 atom stereocenters. The topological polar surface area (TPSA) is 92.5 Å². The van der Waals surface area contributed by atoms with E-state index in [1.54, 1.807) is 0 Å². The van der Waals surface area contributed by atoms with Crippen LogP contribution in [-0.2, 0) is 14.8 Å². The van der Waals surface area contributed by atoms with Gasteiger partial charge in [-0.1, -0.05) is 13.8 Å². The van der Waals surface area contributed by atoms with E-state index in [0.717, 1.165) is 4.31 Å². The fourth-order valence-electron chi connectivity index (χ4n) is 1.02. The summed E-state index contributed by atoms with van der Waals surface area (Å²) < 4.78 is 23.9. The van der Waals surface area contributed by atoms with Gasteiger partial charge in [0.1, 0.15) is 0 Å². The molecule has 0 aromatic carbocycles. The van der Waals surface area contributed by atoms with Gasteiger partial charge in [0.2, 0.25) is 15.9 Å². The van der Waals surface area contributed by atoms with Crippen molar-refractivity contribution in [3.8, 4) is 0 Å². The van der Waals surface area contributed by atoms with Gasteiger partial charge in [-0.25, -0.2) is 12.7 Å². The maximum Gasteiger partial charge on any atom is 0.221 e. The Balaban J connectivity index is 3.95. The van der Waals surface area contributed by atoms with Crippen LogP contribution in [0.3, 0.4) is 0 Å². The fraction of sp³-hybridized carbons (Fsp3) is 0.900. The molecule has 0 radical (unpaired) electrons. The molecule has 0 bridgehead atoms. The van der Waals surface area contributed by atoms with E-state index in [9.17, 15) is 13.2 Å². The average molecular weight is 265 g/mol. The Labute approximate surface area is 104 Å². The minimum atomic E-state index is -3.25. The number of hydrogen-bond acceptors (Lipinski definition) is 4. The van der Waals surface area contributed by atoms with E-state index in [-0.39, 0.29) is 36.6 Å². The first-order valence-corrected chi connectivity index (χ1v) is 7.20. The molecule has 1 unspecified atom stereocenters. The summed E-state index contributed by atoms with van der Waals surface area (Å²) in [5.74, 6) is -0.0748. The molecule has 0 spiro atoms. The number of rotatable bonds is 7. The number of nitrogens with two attached hydrogens (primary N) is 1. The van der Waals surface area contributed by atoms with E-state index in [0.29, 0.717) is 0 Å². The molecular formula is C10H23N3O3S. The smallest absolute Gasteiger partial charge is 0.221 e. The van der Waals surface area contributed by atoms with Crippen LogP contribution in [0.15, 0.2) is 0 Å². The van der Waals surface area contributed by atoms with Gasteiger partial charge < -0.3 is 11.1 Å². The summed E-state index contributed by atoms with van der Waals surface area (Å²) in [6.45, 7) is 3.99. The van der Waals surface area contributed by atoms with Gasteiger partial charge in [-0.3, -0.25) is 4.79 Å². The van der Waals surface area contributed by atoms with Gasteiger partial charge >= 0.3 is 0 Å². The molecule has 1 amide bonds. The normalized spacial score (nSPS) is 14.1. The van der Waals surface area contributed by atoms with Crippen LogP contribution in [0.2, 0.25) is 0 Å². The molecule has 0 rings (SSSR count). The number of carbonyl (C=O) groups is 1. The van der Waals surface area contributed by atoms with Gasteiger partial charge in [-0.2, -0.15) is 0 Å². The van der Waals surface area contributed by atoms with E-state index in [1.807, 2.05) is 13.8 Å². The summed E-state index contributed by atoms with van der Waals surface area (Å²) in [4.78, 5) is 11.4. The highest BCUT2D eigenvalue weighted by molar-refractivity contribution is 7.89. The molecule has 6 nitrogen and oxygen atoms in total. The summed E-state index contributed by atoms with van der Waals surface area (Å²) in [5.41, 5.74) is 5.74. The minimum Gasteiger partial charge on any atom is -0.355 e. The Bertz CT molecular complexity index is 339. The molecule has 0 saturated heterocycles. The van der Waals surface area contributed by atoms with Gasteiger partial charge in [0.05, 0.1) is 5.75 Å². The van der Waals surface area contributed by atoms with Crippen LogP contribution < -0.4 is 11.1 Å². The largest absolute Gasteiger partial charge is 0.355 e. The predicted molar refractivity (Wildman–Crippen MR) is 67.9 cm³/mol. The van der Waals surface area contributed by atoms with Crippen LogP contribution >= 0.6 is 0 Å². The van der Waals surface area contributed by atoms with Crippen LogP contribution in [0.4, 0.5) is 0 Å². The van der Waals surface area contributed by atoms with Crippen molar-refractivity contribution in [1.82, 2.24) is 9.62 Å². The molecule has 0 fully saturated rings. The molecule has 7 heteroatoms. The van der Waals surface area contributed by atoms with Crippen molar-refractivity contribution < 1.29 is 13.2 Å². The first-order chi connectivity index (χ1) is 7.66. The Morgan fingerprint density at radius 1 is 1.35 bits per heavy atom. The summed E-state index contributed by atoms with van der Waals surface area (Å²) in [6.07, 6.45) is 0.222. The number of amides is 1. The number of nitrogens with one attached hydrogen (secondary N) is 1. The van der Waals surface area contributed by atoms with Crippen LogP contribution in [-0.4, -0.2) is 51.1 Å². The Kier molecular flexibility index (Phi) is 6.66. The molecule has 0 aliphatic carbocycles. The van der Waals surface area contributed by atoms with E-state index in [4.69, 9.17) is 5.73 Å². The first-order valence-electron chi connectivity index (χ1n) is 5.59. The van der Waals surface area contributed by atoms with E-state index >= 15 is 0 Å². The lowest BCUT2D eigenvalue weighted by Gasteiger charge is -2.15.